The van der Waals surface area contributed by atoms with Crippen LogP contribution in [-0.2, 0) is 10.0 Å². The van der Waals surface area contributed by atoms with Crippen LogP contribution in [0.15, 0.2) is 16.7 Å². The molecule has 0 aliphatic carbocycles. The number of rotatable bonds is 4. The Morgan fingerprint density at radius 3 is 2.62 bits per heavy atom. The molecule has 1 N–H and O–H groups in total. The Labute approximate surface area is 103 Å². The van der Waals surface area contributed by atoms with E-state index in [1.165, 1.54) is 0 Å². The zero-order chi connectivity index (χ0) is 12.3. The van der Waals surface area contributed by atoms with E-state index < -0.39 is 10.0 Å². The molecule has 1 heterocycles. The molecule has 0 fully saturated rings. The van der Waals surface area contributed by atoms with Crippen LogP contribution < -0.4 is 9.46 Å². The van der Waals surface area contributed by atoms with Gasteiger partial charge in [0.15, 0.2) is 0 Å². The summed E-state index contributed by atoms with van der Waals surface area (Å²) in [6.07, 6.45) is 2.55. The summed E-state index contributed by atoms with van der Waals surface area (Å²) >= 11 is 3.22. The van der Waals surface area contributed by atoms with E-state index in [9.17, 15) is 8.42 Å². The predicted molar refractivity (Wildman–Crippen MR) is 66.2 cm³/mol. The molecule has 0 aromatic carbocycles. The summed E-state index contributed by atoms with van der Waals surface area (Å²) in [6.45, 7) is 3.68. The molecule has 1 rings (SSSR count). The number of aromatic nitrogens is 1. The minimum Gasteiger partial charge on any atom is -0.473 e. The Hall–Kier alpha value is -0.820. The van der Waals surface area contributed by atoms with Crippen molar-refractivity contribution in [3.8, 4) is 5.88 Å². The van der Waals surface area contributed by atoms with E-state index in [-0.39, 0.29) is 12.0 Å². The molecule has 0 radical (unpaired) electrons. The van der Waals surface area contributed by atoms with Crippen LogP contribution in [0.1, 0.15) is 13.8 Å². The van der Waals surface area contributed by atoms with Gasteiger partial charge in [0.05, 0.1) is 12.4 Å². The van der Waals surface area contributed by atoms with E-state index in [0.29, 0.717) is 10.2 Å². The van der Waals surface area contributed by atoms with Crippen LogP contribution in [-0.4, -0.2) is 25.8 Å². The Balaban J connectivity index is 3.08. The van der Waals surface area contributed by atoms with Crippen molar-refractivity contribution in [3.63, 3.8) is 0 Å². The van der Waals surface area contributed by atoms with Crippen LogP contribution in [0.25, 0.3) is 0 Å². The van der Waals surface area contributed by atoms with Gasteiger partial charge in [-0.3, -0.25) is 4.72 Å². The highest BCUT2D eigenvalue weighted by molar-refractivity contribution is 9.10. The Morgan fingerprint density at radius 1 is 1.50 bits per heavy atom. The normalized spacial score (nSPS) is 11.6. The number of anilines is 1. The molecule has 0 bridgehead atoms. The Morgan fingerprint density at radius 2 is 2.12 bits per heavy atom. The summed E-state index contributed by atoms with van der Waals surface area (Å²) in [6, 6.07) is 1.60. The van der Waals surface area contributed by atoms with E-state index in [0.717, 1.165) is 6.26 Å². The molecule has 0 saturated carbocycles. The van der Waals surface area contributed by atoms with Crippen molar-refractivity contribution < 1.29 is 13.2 Å². The average molecular weight is 309 g/mol. The second kappa shape index (κ2) is 5.01. The molecule has 0 saturated heterocycles. The summed E-state index contributed by atoms with van der Waals surface area (Å²) in [5.41, 5.74) is 0.325. The van der Waals surface area contributed by atoms with Crippen LogP contribution in [0.4, 0.5) is 5.69 Å². The maximum absolute atomic E-state index is 11.1. The number of sulfonamides is 1. The quantitative estimate of drug-likeness (QED) is 0.923. The molecule has 0 amide bonds. The third kappa shape index (κ3) is 4.36. The van der Waals surface area contributed by atoms with E-state index in [1.54, 1.807) is 12.3 Å². The molecular weight excluding hydrogens is 296 g/mol. The second-order valence-electron chi connectivity index (χ2n) is 3.55. The summed E-state index contributed by atoms with van der Waals surface area (Å²) in [7, 11) is -3.34. The van der Waals surface area contributed by atoms with Crippen molar-refractivity contribution in [2.24, 2.45) is 0 Å². The number of ether oxygens (including phenoxy) is 1. The Kier molecular flexibility index (Phi) is 4.15. The predicted octanol–water partition coefficient (Wildman–Crippen LogP) is 2.00. The number of hydrogen-bond acceptors (Lipinski definition) is 4. The van der Waals surface area contributed by atoms with Crippen molar-refractivity contribution >= 4 is 31.6 Å². The maximum Gasteiger partial charge on any atom is 0.238 e. The highest BCUT2D eigenvalue weighted by atomic mass is 79.9. The first kappa shape index (κ1) is 13.2. The molecule has 0 spiro atoms. The first-order valence-corrected chi connectivity index (χ1v) is 7.26. The number of hydrogen-bond donors (Lipinski definition) is 1. The lowest BCUT2D eigenvalue weighted by Crippen LogP contribution is -2.14. The van der Waals surface area contributed by atoms with Crippen LogP contribution in [0, 0.1) is 0 Å². The molecule has 0 aliphatic heterocycles. The van der Waals surface area contributed by atoms with Gasteiger partial charge in [0, 0.05) is 10.7 Å². The van der Waals surface area contributed by atoms with Gasteiger partial charge in [0.1, 0.15) is 5.69 Å². The van der Waals surface area contributed by atoms with Crippen LogP contribution in [0.2, 0.25) is 0 Å². The van der Waals surface area contributed by atoms with E-state index >= 15 is 0 Å². The fourth-order valence-corrected chi connectivity index (χ4v) is 1.89. The lowest BCUT2D eigenvalue weighted by Gasteiger charge is -2.13. The van der Waals surface area contributed by atoms with Crippen molar-refractivity contribution in [2.45, 2.75) is 20.0 Å². The third-order valence-electron chi connectivity index (χ3n) is 1.46. The topological polar surface area (TPSA) is 68.3 Å². The second-order valence-corrected chi connectivity index (χ2v) is 6.21. The van der Waals surface area contributed by atoms with Crippen LogP contribution in [0.3, 0.4) is 0 Å². The first-order valence-electron chi connectivity index (χ1n) is 4.58. The molecule has 0 unspecified atom stereocenters. The minimum absolute atomic E-state index is 0.0752. The van der Waals surface area contributed by atoms with Gasteiger partial charge in [-0.25, -0.2) is 13.4 Å². The molecule has 0 atom stereocenters. The summed E-state index contributed by atoms with van der Waals surface area (Å²) in [4.78, 5) is 4.01. The number of halogens is 1. The van der Waals surface area contributed by atoms with E-state index in [2.05, 4.69) is 25.6 Å². The van der Waals surface area contributed by atoms with Gasteiger partial charge in [-0.15, -0.1) is 0 Å². The highest BCUT2D eigenvalue weighted by Crippen LogP contribution is 2.26. The largest absolute Gasteiger partial charge is 0.473 e. The van der Waals surface area contributed by atoms with E-state index in [4.69, 9.17) is 4.74 Å². The van der Waals surface area contributed by atoms with Gasteiger partial charge in [0.25, 0.3) is 0 Å². The summed E-state index contributed by atoms with van der Waals surface area (Å²) in [5, 5.41) is 0. The fraction of sp³-hybridized carbons (Fsp3) is 0.444. The summed E-state index contributed by atoms with van der Waals surface area (Å²) in [5.74, 6) is 0.267. The van der Waals surface area contributed by atoms with Crippen molar-refractivity contribution in [3.05, 3.63) is 16.7 Å². The van der Waals surface area contributed by atoms with Gasteiger partial charge in [0.2, 0.25) is 15.9 Å². The molecule has 1 aromatic heterocycles. The van der Waals surface area contributed by atoms with Gasteiger partial charge < -0.3 is 4.74 Å². The molecule has 7 heteroatoms. The van der Waals surface area contributed by atoms with Crippen LogP contribution >= 0.6 is 15.9 Å². The standard InChI is InChI=1S/C9H13BrN2O3S/c1-6(2)15-9-8(12-16(3,13)14)4-7(10)5-11-9/h4-6,12H,1-3H3. The first-order chi connectivity index (χ1) is 7.28. The Bertz CT molecular complexity index is 474. The number of nitrogens with one attached hydrogen (secondary N) is 1. The van der Waals surface area contributed by atoms with Crippen molar-refractivity contribution in [2.75, 3.05) is 11.0 Å². The molecule has 5 nitrogen and oxygen atoms in total. The lowest BCUT2D eigenvalue weighted by atomic mass is 10.4. The molecule has 90 valence electrons. The summed E-state index contributed by atoms with van der Waals surface area (Å²) < 4.78 is 30.7. The maximum atomic E-state index is 11.1. The van der Waals surface area contributed by atoms with Gasteiger partial charge in [-0.2, -0.15) is 0 Å². The average Bonchev–Trinajstić information content (AvgIpc) is 2.06. The van der Waals surface area contributed by atoms with Crippen molar-refractivity contribution in [1.29, 1.82) is 0 Å². The van der Waals surface area contributed by atoms with Gasteiger partial charge in [-0.05, 0) is 35.8 Å². The monoisotopic (exact) mass is 308 g/mol. The minimum atomic E-state index is -3.34. The molecule has 0 aliphatic rings. The van der Waals surface area contributed by atoms with E-state index in [1.807, 2.05) is 13.8 Å². The van der Waals surface area contributed by atoms with Gasteiger partial charge >= 0.3 is 0 Å². The lowest BCUT2D eigenvalue weighted by molar-refractivity contribution is 0.234. The number of nitrogens with zero attached hydrogens (tertiary/aromatic N) is 1. The highest BCUT2D eigenvalue weighted by Gasteiger charge is 2.11. The SMILES string of the molecule is CC(C)Oc1ncc(Br)cc1NS(C)(=O)=O. The van der Waals surface area contributed by atoms with Gasteiger partial charge in [-0.1, -0.05) is 0 Å². The third-order valence-corrected chi connectivity index (χ3v) is 2.48. The van der Waals surface area contributed by atoms with Crippen LogP contribution in [0.5, 0.6) is 5.88 Å². The fourth-order valence-electron chi connectivity index (χ4n) is 1.02. The number of pyridine rings is 1. The molecular formula is C9H13BrN2O3S. The smallest absolute Gasteiger partial charge is 0.238 e. The molecule has 16 heavy (non-hydrogen) atoms. The zero-order valence-corrected chi connectivity index (χ0v) is 11.6. The molecule has 1 aromatic rings. The zero-order valence-electron chi connectivity index (χ0n) is 9.19. The van der Waals surface area contributed by atoms with Crippen molar-refractivity contribution in [1.82, 2.24) is 4.98 Å².